The minimum atomic E-state index is -4.03. The number of rotatable bonds is 15. The molecule has 15 nitrogen and oxygen atoms in total. The molecule has 0 saturated carbocycles. The van der Waals surface area contributed by atoms with Gasteiger partial charge in [0.15, 0.2) is 11.5 Å². The number of ether oxygens (including phenoxy) is 3. The monoisotopic (exact) mass is 567 g/mol. The van der Waals surface area contributed by atoms with Gasteiger partial charge in [-0.25, -0.2) is 15.0 Å². The number of nitrogens with two attached hydrogens (primary N) is 3. The van der Waals surface area contributed by atoms with E-state index in [0.717, 1.165) is 0 Å². The lowest BCUT2D eigenvalue weighted by Gasteiger charge is -2.20. The van der Waals surface area contributed by atoms with Crippen LogP contribution in [0.1, 0.15) is 27.7 Å². The van der Waals surface area contributed by atoms with Crippen LogP contribution in [0.3, 0.4) is 0 Å². The Kier molecular flexibility index (Phi) is 13.3. The van der Waals surface area contributed by atoms with Crippen LogP contribution in [-0.4, -0.2) is 70.1 Å². The van der Waals surface area contributed by atoms with Crippen molar-refractivity contribution in [2.24, 2.45) is 23.3 Å². The highest BCUT2D eigenvalue weighted by molar-refractivity contribution is 7.53. The van der Waals surface area contributed by atoms with Crippen LogP contribution in [0.4, 0.5) is 5.82 Å². The molecule has 37 heavy (non-hydrogen) atoms. The summed E-state index contributed by atoms with van der Waals surface area (Å²) in [6, 6.07) is -1.77. The first-order valence-electron chi connectivity index (χ1n) is 11.2. The SMILES string of the molecule is CC(C)[C@H](N)C(=O)OCOP(=O)(COCCn1cnc2c(N)ncnc21)OCOC(=O)[C@@H](N)C(C)C.Cl. The van der Waals surface area contributed by atoms with Gasteiger partial charge in [0.25, 0.3) is 0 Å². The number of carbonyl (C=O) groups is 2. The molecule has 0 aliphatic carbocycles. The summed E-state index contributed by atoms with van der Waals surface area (Å²) in [5, 5.41) is 0. The maximum atomic E-state index is 13.1. The number of anilines is 1. The number of carbonyl (C=O) groups excluding carboxylic acids is 2. The number of halogens is 1. The Balaban J connectivity index is 0.00000684. The summed E-state index contributed by atoms with van der Waals surface area (Å²) in [4.78, 5) is 36.0. The molecule has 2 aromatic heterocycles. The van der Waals surface area contributed by atoms with Crippen molar-refractivity contribution < 1.29 is 37.4 Å². The van der Waals surface area contributed by atoms with Crippen LogP contribution in [0.25, 0.3) is 11.2 Å². The Morgan fingerprint density at radius 3 is 2.03 bits per heavy atom. The second kappa shape index (κ2) is 15.1. The molecule has 17 heteroatoms. The number of hydrogen-bond donors (Lipinski definition) is 3. The standard InChI is InChI=1S/C20H34N7O8P.ClH/c1-12(2)14(21)19(28)32-9-34-36(30,35-10-33-20(29)15(22)13(3)4)11-31-6-5-27-8-26-16-17(23)24-7-25-18(16)27;/h7-8,12-15H,5-6,9-11,21-22H2,1-4H3,(H2,23,24,25);1H/t14-,15-;/m0./s1. The summed E-state index contributed by atoms with van der Waals surface area (Å²) in [5.74, 6) is -1.58. The number of hydrogen-bond acceptors (Lipinski definition) is 14. The molecule has 0 amide bonds. The van der Waals surface area contributed by atoms with Gasteiger partial charge in [0.05, 0.1) is 12.9 Å². The summed E-state index contributed by atoms with van der Waals surface area (Å²) in [5.41, 5.74) is 18.2. The summed E-state index contributed by atoms with van der Waals surface area (Å²) in [7, 11) is -4.03. The van der Waals surface area contributed by atoms with Crippen LogP contribution in [0.5, 0.6) is 0 Å². The average molecular weight is 568 g/mol. The molecule has 0 bridgehead atoms. The average Bonchev–Trinajstić information content (AvgIpc) is 3.25. The molecular formula is C20H35ClN7O8P. The van der Waals surface area contributed by atoms with E-state index >= 15 is 0 Å². The minimum Gasteiger partial charge on any atom is -0.437 e. The van der Waals surface area contributed by atoms with Crippen LogP contribution >= 0.6 is 20.0 Å². The van der Waals surface area contributed by atoms with Gasteiger partial charge in [-0.05, 0) is 11.8 Å². The zero-order valence-electron chi connectivity index (χ0n) is 21.1. The number of aromatic nitrogens is 4. The zero-order valence-corrected chi connectivity index (χ0v) is 22.9. The third-order valence-corrected chi connectivity index (χ3v) is 6.53. The fraction of sp³-hybridized carbons (Fsp3) is 0.650. The molecule has 210 valence electrons. The van der Waals surface area contributed by atoms with Gasteiger partial charge in [-0.1, -0.05) is 27.7 Å². The number of nitrogen functional groups attached to an aromatic ring is 1. The summed E-state index contributed by atoms with van der Waals surface area (Å²) < 4.78 is 40.5. The Hall–Kier alpha value is -2.39. The summed E-state index contributed by atoms with van der Waals surface area (Å²) in [6.45, 7) is 5.90. The quantitative estimate of drug-likeness (QED) is 0.118. The van der Waals surface area contributed by atoms with Crippen molar-refractivity contribution in [3.8, 4) is 0 Å². The Bertz CT molecular complexity index is 1030. The molecule has 0 aliphatic rings. The van der Waals surface area contributed by atoms with Crippen molar-refractivity contribution in [3.05, 3.63) is 12.7 Å². The maximum absolute atomic E-state index is 13.1. The number of imidazole rings is 1. The second-order valence-corrected chi connectivity index (χ2v) is 10.5. The molecule has 0 aromatic carbocycles. The van der Waals surface area contributed by atoms with E-state index < -0.39 is 51.6 Å². The van der Waals surface area contributed by atoms with Gasteiger partial charge in [-0.2, -0.15) is 0 Å². The van der Waals surface area contributed by atoms with Crippen LogP contribution < -0.4 is 17.2 Å². The number of esters is 2. The lowest BCUT2D eigenvalue weighted by molar-refractivity contribution is -0.155. The summed E-state index contributed by atoms with van der Waals surface area (Å²) >= 11 is 0. The van der Waals surface area contributed by atoms with Gasteiger partial charge in [-0.3, -0.25) is 23.2 Å². The van der Waals surface area contributed by atoms with Gasteiger partial charge < -0.3 is 36.0 Å². The fourth-order valence-electron chi connectivity index (χ4n) is 2.58. The highest BCUT2D eigenvalue weighted by atomic mass is 35.5. The second-order valence-electron chi connectivity index (χ2n) is 8.48. The van der Waals surface area contributed by atoms with Crippen LogP contribution in [0.15, 0.2) is 12.7 Å². The van der Waals surface area contributed by atoms with E-state index in [-0.39, 0.29) is 43.2 Å². The van der Waals surface area contributed by atoms with Gasteiger partial charge in [-0.15, -0.1) is 12.4 Å². The predicted octanol–water partition coefficient (Wildman–Crippen LogP) is 0.999. The first kappa shape index (κ1) is 32.6. The van der Waals surface area contributed by atoms with E-state index in [2.05, 4.69) is 15.0 Å². The Labute approximate surface area is 220 Å². The molecule has 0 radical (unpaired) electrons. The molecule has 2 heterocycles. The zero-order chi connectivity index (χ0) is 26.9. The van der Waals surface area contributed by atoms with E-state index in [1.165, 1.54) is 12.7 Å². The van der Waals surface area contributed by atoms with Gasteiger partial charge in [0, 0.05) is 6.54 Å². The lowest BCUT2D eigenvalue weighted by Crippen LogP contribution is -2.37. The van der Waals surface area contributed by atoms with Crippen molar-refractivity contribution in [1.29, 1.82) is 0 Å². The third kappa shape index (κ3) is 9.78. The van der Waals surface area contributed by atoms with E-state index in [0.29, 0.717) is 11.2 Å². The molecule has 0 spiro atoms. The first-order valence-corrected chi connectivity index (χ1v) is 12.9. The molecule has 2 aromatic rings. The van der Waals surface area contributed by atoms with Crippen molar-refractivity contribution in [2.75, 3.05) is 32.3 Å². The van der Waals surface area contributed by atoms with Crippen molar-refractivity contribution >= 4 is 48.9 Å². The maximum Gasteiger partial charge on any atom is 0.361 e. The van der Waals surface area contributed by atoms with Gasteiger partial charge in [0.1, 0.15) is 30.3 Å². The molecular weight excluding hydrogens is 533 g/mol. The van der Waals surface area contributed by atoms with Crippen LogP contribution in [-0.2, 0) is 44.0 Å². The summed E-state index contributed by atoms with van der Waals surface area (Å²) in [6.07, 6.45) is 2.30. The van der Waals surface area contributed by atoms with E-state index in [1.54, 1.807) is 32.3 Å². The fourth-order valence-corrected chi connectivity index (χ4v) is 3.58. The molecule has 0 unspecified atom stereocenters. The smallest absolute Gasteiger partial charge is 0.361 e. The lowest BCUT2D eigenvalue weighted by atomic mass is 10.1. The van der Waals surface area contributed by atoms with Gasteiger partial charge >= 0.3 is 19.5 Å². The minimum absolute atomic E-state index is 0. The number of fused-ring (bicyclic) bond motifs is 1. The highest BCUT2D eigenvalue weighted by Crippen LogP contribution is 2.48. The molecule has 0 fully saturated rings. The Morgan fingerprint density at radius 2 is 1.51 bits per heavy atom. The normalized spacial score (nSPS) is 13.4. The largest absolute Gasteiger partial charge is 0.437 e. The molecule has 2 rings (SSSR count). The Morgan fingerprint density at radius 1 is 0.973 bits per heavy atom. The van der Waals surface area contributed by atoms with Crippen LogP contribution in [0.2, 0.25) is 0 Å². The first-order chi connectivity index (χ1) is 16.9. The van der Waals surface area contributed by atoms with Crippen LogP contribution in [0, 0.1) is 11.8 Å². The molecule has 0 saturated heterocycles. The predicted molar refractivity (Wildman–Crippen MR) is 135 cm³/mol. The van der Waals surface area contributed by atoms with E-state index in [4.69, 9.17) is 40.5 Å². The number of nitrogens with zero attached hydrogens (tertiary/aromatic N) is 4. The molecule has 2 atom stereocenters. The van der Waals surface area contributed by atoms with Crippen molar-refractivity contribution in [3.63, 3.8) is 0 Å². The highest BCUT2D eigenvalue weighted by Gasteiger charge is 2.29. The van der Waals surface area contributed by atoms with Gasteiger partial charge in [0.2, 0.25) is 13.6 Å². The van der Waals surface area contributed by atoms with Crippen molar-refractivity contribution in [2.45, 2.75) is 46.3 Å². The topological polar surface area (TPSA) is 219 Å². The van der Waals surface area contributed by atoms with E-state index in [1.807, 2.05) is 0 Å². The molecule has 0 aliphatic heterocycles. The molecule has 6 N–H and O–H groups in total. The van der Waals surface area contributed by atoms with E-state index in [9.17, 15) is 14.2 Å². The third-order valence-electron chi connectivity index (χ3n) is 5.04. The van der Waals surface area contributed by atoms with Crippen molar-refractivity contribution in [1.82, 2.24) is 19.5 Å².